The van der Waals surface area contributed by atoms with Crippen LogP contribution in [0, 0.1) is 11.3 Å². The van der Waals surface area contributed by atoms with Gasteiger partial charge in [-0.3, -0.25) is 4.79 Å². The Morgan fingerprint density at radius 1 is 0.927 bits per heavy atom. The van der Waals surface area contributed by atoms with Crippen LogP contribution < -0.4 is 15.1 Å². The number of carbonyl (C=O) groups excluding carboxylic acids is 1. The second-order valence-electron chi connectivity index (χ2n) is 16.5. The highest BCUT2D eigenvalue weighted by Crippen LogP contribution is 2.40. The van der Waals surface area contributed by atoms with E-state index in [1.165, 1.54) is 0 Å². The van der Waals surface area contributed by atoms with Crippen LogP contribution >= 0.6 is 0 Å². The van der Waals surface area contributed by atoms with Gasteiger partial charge in [0.2, 0.25) is 0 Å². The van der Waals surface area contributed by atoms with Gasteiger partial charge in [0.05, 0.1) is 37.9 Å². The van der Waals surface area contributed by atoms with Gasteiger partial charge in [0.15, 0.2) is 11.9 Å². The van der Waals surface area contributed by atoms with E-state index in [2.05, 4.69) is 89.4 Å². The first-order chi connectivity index (χ1) is 26.1. The molecule has 1 aliphatic heterocycles. The van der Waals surface area contributed by atoms with E-state index in [0.29, 0.717) is 32.5 Å². The van der Waals surface area contributed by atoms with Crippen molar-refractivity contribution in [2.75, 3.05) is 27.4 Å². The number of esters is 1. The van der Waals surface area contributed by atoms with Crippen molar-refractivity contribution in [3.8, 4) is 5.75 Å². The molecular weight excluding hydrogens is 709 g/mol. The smallest absolute Gasteiger partial charge is 0.311 e. The molecule has 0 saturated carbocycles. The fourth-order valence-electron chi connectivity index (χ4n) is 7.15. The molecule has 0 bridgehead atoms. The summed E-state index contributed by atoms with van der Waals surface area (Å²) in [6, 6.07) is 28.7. The van der Waals surface area contributed by atoms with Crippen molar-refractivity contribution in [3.63, 3.8) is 0 Å². The van der Waals surface area contributed by atoms with Crippen LogP contribution in [0.4, 0.5) is 0 Å². The average Bonchev–Trinajstić information content (AvgIpc) is 3.18. The zero-order valence-electron chi connectivity index (χ0n) is 34.5. The maximum absolute atomic E-state index is 13.7. The molecule has 55 heavy (non-hydrogen) atoms. The lowest BCUT2D eigenvalue weighted by Gasteiger charge is -2.48. The Labute approximate surface area is 331 Å². The zero-order chi connectivity index (χ0) is 40.3. The van der Waals surface area contributed by atoms with E-state index in [9.17, 15) is 4.79 Å². The summed E-state index contributed by atoms with van der Waals surface area (Å²) in [7, 11) is 0.303. The van der Waals surface area contributed by atoms with Crippen LogP contribution in [0.3, 0.4) is 0 Å². The molecule has 0 N–H and O–H groups in total. The van der Waals surface area contributed by atoms with Crippen molar-refractivity contribution in [1.82, 2.24) is 0 Å². The molecule has 1 saturated heterocycles. The molecule has 0 unspecified atom stereocenters. The van der Waals surface area contributed by atoms with Crippen LogP contribution in [0.15, 0.2) is 110 Å². The van der Waals surface area contributed by atoms with Gasteiger partial charge in [-0.2, -0.15) is 0 Å². The van der Waals surface area contributed by atoms with E-state index in [1.54, 1.807) is 20.3 Å². The van der Waals surface area contributed by atoms with Gasteiger partial charge in [0.25, 0.3) is 8.32 Å². The number of hydrogen-bond donors (Lipinski definition) is 0. The van der Waals surface area contributed by atoms with Gasteiger partial charge in [-0.25, -0.2) is 0 Å². The highest BCUT2D eigenvalue weighted by atomic mass is 28.4. The maximum atomic E-state index is 13.7. The highest BCUT2D eigenvalue weighted by Gasteiger charge is 2.53. The average molecular weight is 773 g/mol. The van der Waals surface area contributed by atoms with Crippen LogP contribution in [0.5, 0.6) is 5.75 Å². The molecular formula is C46H64O8Si. The third-order valence-electron chi connectivity index (χ3n) is 10.5. The molecule has 4 rings (SSSR count). The van der Waals surface area contributed by atoms with E-state index in [-0.39, 0.29) is 29.6 Å². The summed E-state index contributed by atoms with van der Waals surface area (Å²) in [6.07, 6.45) is 3.02. The summed E-state index contributed by atoms with van der Waals surface area (Å²) >= 11 is 0. The molecule has 0 aromatic heterocycles. The van der Waals surface area contributed by atoms with E-state index in [0.717, 1.165) is 21.7 Å². The fraction of sp³-hybridized carbons (Fsp3) is 0.500. The van der Waals surface area contributed by atoms with Crippen LogP contribution in [0.2, 0.25) is 5.04 Å². The van der Waals surface area contributed by atoms with Crippen molar-refractivity contribution >= 4 is 24.7 Å². The van der Waals surface area contributed by atoms with Gasteiger partial charge < -0.3 is 32.8 Å². The maximum Gasteiger partial charge on any atom is 0.311 e. The van der Waals surface area contributed by atoms with Crippen molar-refractivity contribution in [2.24, 2.45) is 11.3 Å². The molecule has 1 aliphatic rings. The number of hydrogen-bond acceptors (Lipinski definition) is 8. The minimum absolute atomic E-state index is 0.0170. The summed E-state index contributed by atoms with van der Waals surface area (Å²) in [5.41, 5.74) is 0.285. The summed E-state index contributed by atoms with van der Waals surface area (Å²) < 4.78 is 45.2. The predicted molar refractivity (Wildman–Crippen MR) is 222 cm³/mol. The summed E-state index contributed by atoms with van der Waals surface area (Å²) in [5, 5.41) is 1.96. The first-order valence-electron chi connectivity index (χ1n) is 19.4. The van der Waals surface area contributed by atoms with Crippen molar-refractivity contribution < 1.29 is 37.6 Å². The SMILES string of the molecule is C=C[C@H](C)[C@@H](CCOCc1ccc(OC)cc1)O[C@]1(C=C)CC[C@H](OC)[C@@H]([C@H](CO[Si](c2ccccc2)(c2ccccc2)C(C)(C)C)OC(=O)C(C)(C)C)O1. The van der Waals surface area contributed by atoms with Gasteiger partial charge in [-0.05, 0) is 72.8 Å². The Bertz CT molecular complexity index is 1590. The van der Waals surface area contributed by atoms with Crippen molar-refractivity contribution in [3.05, 3.63) is 116 Å². The Balaban J connectivity index is 1.65. The number of ether oxygens (including phenoxy) is 6. The molecule has 6 atom stereocenters. The lowest BCUT2D eigenvalue weighted by atomic mass is 9.93. The quantitative estimate of drug-likeness (QED) is 0.0520. The first-order valence-corrected chi connectivity index (χ1v) is 21.3. The number of benzene rings is 3. The third-order valence-corrected chi connectivity index (χ3v) is 15.5. The van der Waals surface area contributed by atoms with Gasteiger partial charge >= 0.3 is 5.97 Å². The van der Waals surface area contributed by atoms with Crippen LogP contribution in [0.1, 0.15) is 73.3 Å². The van der Waals surface area contributed by atoms with E-state index < -0.39 is 37.8 Å². The number of carbonyl (C=O) groups is 1. The molecule has 3 aromatic rings. The normalized spacial score (nSPS) is 20.9. The predicted octanol–water partition coefficient (Wildman–Crippen LogP) is 8.42. The minimum Gasteiger partial charge on any atom is -0.497 e. The van der Waals surface area contributed by atoms with Crippen LogP contribution in [-0.2, 0) is 39.5 Å². The Morgan fingerprint density at radius 3 is 2.02 bits per heavy atom. The zero-order valence-corrected chi connectivity index (χ0v) is 35.5. The van der Waals surface area contributed by atoms with Crippen molar-refractivity contribution in [2.45, 2.75) is 110 Å². The Kier molecular flexibility index (Phi) is 15.7. The fourth-order valence-corrected chi connectivity index (χ4v) is 11.7. The molecule has 9 heteroatoms. The second kappa shape index (κ2) is 19.5. The van der Waals surface area contributed by atoms with Crippen LogP contribution in [-0.4, -0.2) is 71.9 Å². The molecule has 0 spiro atoms. The molecule has 300 valence electrons. The summed E-state index contributed by atoms with van der Waals surface area (Å²) in [6.45, 7) is 23.6. The van der Waals surface area contributed by atoms with E-state index in [4.69, 9.17) is 32.8 Å². The topological polar surface area (TPSA) is 81.7 Å². The number of methoxy groups -OCH3 is 2. The molecule has 3 aromatic carbocycles. The van der Waals surface area contributed by atoms with Gasteiger partial charge in [0, 0.05) is 26.1 Å². The molecule has 1 fully saturated rings. The lowest BCUT2D eigenvalue weighted by Crippen LogP contribution is -2.68. The summed E-state index contributed by atoms with van der Waals surface area (Å²) in [4.78, 5) is 13.7. The first kappa shape index (κ1) is 44.1. The van der Waals surface area contributed by atoms with E-state index >= 15 is 0 Å². The third kappa shape index (κ3) is 11.1. The standard InChI is InChI=1S/C46H64O8Si/c1-12-34(3)39(29-31-50-32-35-24-26-36(48-10)27-25-35)53-46(13-2)30-28-40(49-11)42(54-46)41(52-43(47)44(4,5)6)33-51-55(45(7,8)9,37-20-16-14-17-21-37)38-22-18-15-19-23-38/h12-27,34,39-42H,1-2,28-33H2,3-11H3/t34-,39+,40-,41-,42-,46-/m0/s1. The van der Waals surface area contributed by atoms with Crippen LogP contribution in [0.25, 0.3) is 0 Å². The molecule has 0 amide bonds. The molecule has 1 heterocycles. The number of rotatable bonds is 19. The van der Waals surface area contributed by atoms with Gasteiger partial charge in [-0.1, -0.05) is 113 Å². The molecule has 0 radical (unpaired) electrons. The highest BCUT2D eigenvalue weighted by molar-refractivity contribution is 6.99. The Morgan fingerprint density at radius 2 is 1.53 bits per heavy atom. The van der Waals surface area contributed by atoms with E-state index in [1.807, 2.05) is 63.2 Å². The van der Waals surface area contributed by atoms with Crippen molar-refractivity contribution in [1.29, 1.82) is 0 Å². The largest absolute Gasteiger partial charge is 0.497 e. The monoisotopic (exact) mass is 772 g/mol. The van der Waals surface area contributed by atoms with Gasteiger partial charge in [0.1, 0.15) is 11.9 Å². The van der Waals surface area contributed by atoms with Gasteiger partial charge in [-0.15, -0.1) is 6.58 Å². The second-order valence-corrected chi connectivity index (χ2v) is 20.8. The molecule has 0 aliphatic carbocycles. The minimum atomic E-state index is -3.01. The lowest BCUT2D eigenvalue weighted by molar-refractivity contribution is -0.311. The Hall–Kier alpha value is -3.57. The summed E-state index contributed by atoms with van der Waals surface area (Å²) in [5.74, 6) is -0.763. The molecule has 8 nitrogen and oxygen atoms in total.